The molecule has 0 spiro atoms. The van der Waals surface area contributed by atoms with Crippen LogP contribution < -0.4 is 9.47 Å². The van der Waals surface area contributed by atoms with Crippen molar-refractivity contribution in [3.63, 3.8) is 0 Å². The third-order valence-electron chi connectivity index (χ3n) is 4.68. The monoisotopic (exact) mass is 584 g/mol. The molecule has 0 aliphatic rings. The molecular weight excluding hydrogens is 560 g/mol. The van der Waals surface area contributed by atoms with Gasteiger partial charge in [-0.25, -0.2) is 0 Å². The molecule has 35 heavy (non-hydrogen) atoms. The molecule has 11 heteroatoms. The molecule has 0 aromatic heterocycles. The molecule has 3 aromatic carbocycles. The van der Waals surface area contributed by atoms with Gasteiger partial charge in [0.2, 0.25) is 0 Å². The summed E-state index contributed by atoms with van der Waals surface area (Å²) in [6.07, 6.45) is 0. The molecule has 0 radical (unpaired) electrons. The summed E-state index contributed by atoms with van der Waals surface area (Å²) in [4.78, 5) is 0.131. The Hall–Kier alpha value is -2.44. The fourth-order valence-electron chi connectivity index (χ4n) is 2.85. The standard InChI is InChI=1S/C24H25BrO8S2/c1-18-3-8-21(9-4-18)34(26,27)32-15-13-30-23-12-7-20(25)17-24(23)31-14-16-33-35(28,29)22-10-5-19(2)6-11-22/h3-12,17H,13-16H2,1-2H3. The molecule has 0 saturated carbocycles. The van der Waals surface area contributed by atoms with E-state index in [0.29, 0.717) is 16.0 Å². The van der Waals surface area contributed by atoms with Gasteiger partial charge in [0.05, 0.1) is 9.79 Å². The first-order chi connectivity index (χ1) is 16.6. The first-order valence-electron chi connectivity index (χ1n) is 10.5. The van der Waals surface area contributed by atoms with Crippen LogP contribution in [-0.4, -0.2) is 43.3 Å². The minimum absolute atomic E-state index is 0.0542. The van der Waals surface area contributed by atoms with Gasteiger partial charge in [0.15, 0.2) is 11.5 Å². The van der Waals surface area contributed by atoms with E-state index in [9.17, 15) is 16.8 Å². The van der Waals surface area contributed by atoms with Crippen LogP contribution in [0.1, 0.15) is 11.1 Å². The Bertz CT molecular complexity index is 1340. The zero-order chi connectivity index (χ0) is 25.5. The second kappa shape index (κ2) is 12.0. The maximum absolute atomic E-state index is 12.3. The van der Waals surface area contributed by atoms with Crippen molar-refractivity contribution in [2.75, 3.05) is 26.4 Å². The van der Waals surface area contributed by atoms with E-state index >= 15 is 0 Å². The first-order valence-corrected chi connectivity index (χ1v) is 14.2. The Kier molecular flexibility index (Phi) is 9.31. The van der Waals surface area contributed by atoms with E-state index in [4.69, 9.17) is 17.8 Å². The van der Waals surface area contributed by atoms with E-state index < -0.39 is 20.2 Å². The molecule has 0 fully saturated rings. The second-order valence-electron chi connectivity index (χ2n) is 7.47. The number of hydrogen-bond acceptors (Lipinski definition) is 8. The Labute approximate surface area is 214 Å². The zero-order valence-electron chi connectivity index (χ0n) is 19.1. The normalized spacial score (nSPS) is 11.9. The third-order valence-corrected chi connectivity index (χ3v) is 7.83. The molecule has 0 atom stereocenters. The summed E-state index contributed by atoms with van der Waals surface area (Å²) >= 11 is 3.35. The molecular formula is C24H25BrO8S2. The largest absolute Gasteiger partial charge is 0.487 e. The van der Waals surface area contributed by atoms with Gasteiger partial charge in [0.25, 0.3) is 20.2 Å². The van der Waals surface area contributed by atoms with Crippen LogP contribution in [-0.2, 0) is 28.6 Å². The van der Waals surface area contributed by atoms with Crippen molar-refractivity contribution in [2.24, 2.45) is 0 Å². The van der Waals surface area contributed by atoms with Gasteiger partial charge in [-0.3, -0.25) is 8.37 Å². The van der Waals surface area contributed by atoms with E-state index in [1.807, 2.05) is 13.8 Å². The van der Waals surface area contributed by atoms with Crippen molar-refractivity contribution in [1.82, 2.24) is 0 Å². The van der Waals surface area contributed by atoms with E-state index in [-0.39, 0.29) is 36.2 Å². The summed E-state index contributed by atoms with van der Waals surface area (Å²) in [5, 5.41) is 0. The number of benzene rings is 3. The molecule has 3 rings (SSSR count). The Morgan fingerprint density at radius 3 is 1.49 bits per heavy atom. The highest BCUT2D eigenvalue weighted by atomic mass is 79.9. The lowest BCUT2D eigenvalue weighted by molar-refractivity contribution is 0.195. The van der Waals surface area contributed by atoms with Crippen LogP contribution >= 0.6 is 15.9 Å². The molecule has 0 amide bonds. The Balaban J connectivity index is 1.51. The van der Waals surface area contributed by atoms with E-state index in [1.165, 1.54) is 24.3 Å². The van der Waals surface area contributed by atoms with Crippen LogP contribution in [0.4, 0.5) is 0 Å². The third kappa shape index (κ3) is 8.04. The van der Waals surface area contributed by atoms with Crippen LogP contribution in [0.2, 0.25) is 0 Å². The van der Waals surface area contributed by atoms with Gasteiger partial charge in [0, 0.05) is 4.47 Å². The zero-order valence-corrected chi connectivity index (χ0v) is 22.4. The predicted octanol–water partition coefficient (Wildman–Crippen LogP) is 4.63. The van der Waals surface area contributed by atoms with E-state index in [1.54, 1.807) is 42.5 Å². The lowest BCUT2D eigenvalue weighted by atomic mass is 10.2. The average Bonchev–Trinajstić information content (AvgIpc) is 2.81. The summed E-state index contributed by atoms with van der Waals surface area (Å²) in [5.74, 6) is 0.669. The van der Waals surface area contributed by atoms with Gasteiger partial charge in [-0.2, -0.15) is 16.8 Å². The molecule has 0 unspecified atom stereocenters. The summed E-state index contributed by atoms with van der Waals surface area (Å²) in [6.45, 7) is 3.19. The number of ether oxygens (including phenoxy) is 2. The molecule has 188 valence electrons. The Morgan fingerprint density at radius 1 is 0.600 bits per heavy atom. The van der Waals surface area contributed by atoms with Crippen LogP contribution in [0.3, 0.4) is 0 Å². The highest BCUT2D eigenvalue weighted by Crippen LogP contribution is 2.30. The molecule has 0 heterocycles. The minimum Gasteiger partial charge on any atom is -0.487 e. The topological polar surface area (TPSA) is 105 Å². The highest BCUT2D eigenvalue weighted by Gasteiger charge is 2.16. The summed E-state index contributed by atoms with van der Waals surface area (Å²) < 4.78 is 71.2. The van der Waals surface area contributed by atoms with Crippen molar-refractivity contribution >= 4 is 36.2 Å². The van der Waals surface area contributed by atoms with Gasteiger partial charge in [-0.15, -0.1) is 0 Å². The minimum atomic E-state index is -3.90. The number of halogens is 1. The quantitative estimate of drug-likeness (QED) is 0.224. The van der Waals surface area contributed by atoms with Crippen molar-refractivity contribution < 1.29 is 34.7 Å². The van der Waals surface area contributed by atoms with Gasteiger partial charge in [-0.1, -0.05) is 51.3 Å². The summed E-state index contributed by atoms with van der Waals surface area (Å²) in [7, 11) is -7.80. The van der Waals surface area contributed by atoms with Crippen molar-refractivity contribution in [1.29, 1.82) is 0 Å². The molecule has 8 nitrogen and oxygen atoms in total. The van der Waals surface area contributed by atoms with Crippen LogP contribution in [0.25, 0.3) is 0 Å². The fourth-order valence-corrected chi connectivity index (χ4v) is 4.98. The average molecular weight is 585 g/mol. The molecule has 0 N–H and O–H groups in total. The van der Waals surface area contributed by atoms with Crippen molar-refractivity contribution in [3.8, 4) is 11.5 Å². The van der Waals surface area contributed by atoms with Gasteiger partial charge < -0.3 is 9.47 Å². The van der Waals surface area contributed by atoms with Gasteiger partial charge >= 0.3 is 0 Å². The molecule has 0 aliphatic carbocycles. The van der Waals surface area contributed by atoms with E-state index in [0.717, 1.165) is 11.1 Å². The summed E-state index contributed by atoms with van der Waals surface area (Å²) in [5.41, 5.74) is 1.88. The summed E-state index contributed by atoms with van der Waals surface area (Å²) in [6, 6.07) is 17.7. The SMILES string of the molecule is Cc1ccc(S(=O)(=O)OCCOc2ccc(Br)cc2OCCOS(=O)(=O)c2ccc(C)cc2)cc1. The fraction of sp³-hybridized carbons (Fsp3) is 0.250. The number of aryl methyl sites for hydroxylation is 2. The van der Waals surface area contributed by atoms with Gasteiger partial charge in [0.1, 0.15) is 26.4 Å². The van der Waals surface area contributed by atoms with Crippen LogP contribution in [0, 0.1) is 13.8 Å². The molecule has 0 saturated heterocycles. The molecule has 0 bridgehead atoms. The highest BCUT2D eigenvalue weighted by molar-refractivity contribution is 9.10. The van der Waals surface area contributed by atoms with Crippen molar-refractivity contribution in [2.45, 2.75) is 23.6 Å². The maximum atomic E-state index is 12.3. The smallest absolute Gasteiger partial charge is 0.297 e. The second-order valence-corrected chi connectivity index (χ2v) is 11.6. The van der Waals surface area contributed by atoms with Crippen molar-refractivity contribution in [3.05, 3.63) is 82.3 Å². The lowest BCUT2D eigenvalue weighted by Gasteiger charge is -2.14. The lowest BCUT2D eigenvalue weighted by Crippen LogP contribution is -2.15. The van der Waals surface area contributed by atoms with Crippen LogP contribution in [0.5, 0.6) is 11.5 Å². The first kappa shape index (κ1) is 27.2. The van der Waals surface area contributed by atoms with Crippen LogP contribution in [0.15, 0.2) is 81.0 Å². The molecule has 0 aliphatic heterocycles. The Morgan fingerprint density at radius 2 is 1.03 bits per heavy atom. The molecule has 3 aromatic rings. The van der Waals surface area contributed by atoms with Gasteiger partial charge in [-0.05, 0) is 56.3 Å². The number of hydrogen-bond donors (Lipinski definition) is 0. The predicted molar refractivity (Wildman–Crippen MR) is 134 cm³/mol. The van der Waals surface area contributed by atoms with E-state index in [2.05, 4.69) is 15.9 Å². The maximum Gasteiger partial charge on any atom is 0.297 e. The number of rotatable bonds is 12.